The summed E-state index contributed by atoms with van der Waals surface area (Å²) >= 11 is 1.72. The van der Waals surface area contributed by atoms with Gasteiger partial charge in [-0.2, -0.15) is 0 Å². The molecule has 184 valence electrons. The first-order valence-corrected chi connectivity index (χ1v) is 12.3. The van der Waals surface area contributed by atoms with E-state index in [9.17, 15) is 4.79 Å². The second-order valence-corrected chi connectivity index (χ2v) is 9.12. The standard InChI is InChI=1S/C25H29N5O4S/c1-16-9-18(7-8-21(16)33-12-19-13-35-15-28-19)29-25-24-20(26-14-27-25)5-4-6-22(24)34-17(2)10-30(3)23(32)11-31/h4-9,13-14,17,28,31H,10-12,15H2,1-3H3,(H,26,27,29)/t17-/m1/s1. The molecule has 0 radical (unpaired) electrons. The van der Waals surface area contributed by atoms with E-state index in [1.807, 2.05) is 50.2 Å². The first-order valence-electron chi connectivity index (χ1n) is 11.2. The number of ether oxygens (including phenoxy) is 2. The summed E-state index contributed by atoms with van der Waals surface area (Å²) in [5, 5.41) is 18.5. The molecule has 3 N–H and O–H groups in total. The van der Waals surface area contributed by atoms with Gasteiger partial charge < -0.3 is 30.1 Å². The topological polar surface area (TPSA) is 109 Å². The monoisotopic (exact) mass is 495 g/mol. The van der Waals surface area contributed by atoms with Crippen molar-refractivity contribution in [3.05, 3.63) is 59.4 Å². The largest absolute Gasteiger partial charge is 0.488 e. The number of carbonyl (C=O) groups excluding carboxylic acids is 1. The number of thioether (sulfide) groups is 1. The number of fused-ring (bicyclic) bond motifs is 1. The number of hydrogen-bond acceptors (Lipinski definition) is 9. The van der Waals surface area contributed by atoms with E-state index in [2.05, 4.69) is 26.0 Å². The van der Waals surface area contributed by atoms with E-state index in [0.717, 1.165) is 39.5 Å². The van der Waals surface area contributed by atoms with Crippen LogP contribution in [0.15, 0.2) is 53.8 Å². The maximum Gasteiger partial charge on any atom is 0.248 e. The lowest BCUT2D eigenvalue weighted by molar-refractivity contribution is -0.133. The second kappa shape index (κ2) is 11.3. The number of nitrogens with one attached hydrogen (secondary N) is 2. The number of aliphatic hydroxyl groups excluding tert-OH is 1. The molecule has 0 spiro atoms. The summed E-state index contributed by atoms with van der Waals surface area (Å²) in [4.78, 5) is 22.0. The Morgan fingerprint density at radius 2 is 2.14 bits per heavy atom. The van der Waals surface area contributed by atoms with E-state index < -0.39 is 6.61 Å². The molecular formula is C25H29N5O4S. The number of aliphatic hydroxyl groups is 1. The minimum Gasteiger partial charge on any atom is -0.488 e. The molecule has 0 saturated carbocycles. The third kappa shape index (κ3) is 6.14. The Kier molecular flexibility index (Phi) is 7.94. The molecule has 9 nitrogen and oxygen atoms in total. The molecule has 3 aromatic rings. The number of rotatable bonds is 10. The van der Waals surface area contributed by atoms with Crippen LogP contribution in [0.5, 0.6) is 11.5 Å². The number of likely N-dealkylation sites (N-methyl/N-ethyl adjacent to an activating group) is 1. The fraction of sp³-hybridized carbons (Fsp3) is 0.320. The number of aryl methyl sites for hydroxylation is 1. The van der Waals surface area contributed by atoms with E-state index in [1.54, 1.807) is 18.8 Å². The van der Waals surface area contributed by atoms with Gasteiger partial charge in [-0.3, -0.25) is 4.79 Å². The van der Waals surface area contributed by atoms with Gasteiger partial charge in [-0.15, -0.1) is 11.8 Å². The summed E-state index contributed by atoms with van der Waals surface area (Å²) < 4.78 is 12.1. The zero-order valence-corrected chi connectivity index (χ0v) is 20.8. The first-order chi connectivity index (χ1) is 16.9. The van der Waals surface area contributed by atoms with E-state index in [0.29, 0.717) is 24.7 Å². The fourth-order valence-corrected chi connectivity index (χ4v) is 4.42. The van der Waals surface area contributed by atoms with Crippen molar-refractivity contribution in [3.63, 3.8) is 0 Å². The van der Waals surface area contributed by atoms with Gasteiger partial charge in [-0.1, -0.05) is 6.07 Å². The van der Waals surface area contributed by atoms with E-state index in [1.165, 1.54) is 11.2 Å². The summed E-state index contributed by atoms with van der Waals surface area (Å²) in [5.41, 5.74) is 3.68. The van der Waals surface area contributed by atoms with Crippen molar-refractivity contribution in [2.24, 2.45) is 0 Å². The Bertz CT molecular complexity index is 1230. The van der Waals surface area contributed by atoms with Gasteiger partial charge >= 0.3 is 0 Å². The molecule has 2 heterocycles. The Morgan fingerprint density at radius 1 is 1.29 bits per heavy atom. The molecule has 2 aromatic carbocycles. The lowest BCUT2D eigenvalue weighted by Crippen LogP contribution is -2.37. The minimum atomic E-state index is -0.531. The lowest BCUT2D eigenvalue weighted by atomic mass is 10.1. The van der Waals surface area contributed by atoms with Gasteiger partial charge in [0.1, 0.15) is 43.0 Å². The van der Waals surface area contributed by atoms with Gasteiger partial charge in [0.25, 0.3) is 0 Å². The number of carbonyl (C=O) groups is 1. The van der Waals surface area contributed by atoms with Crippen molar-refractivity contribution in [2.75, 3.05) is 38.0 Å². The number of benzene rings is 2. The summed E-state index contributed by atoms with van der Waals surface area (Å²) in [6, 6.07) is 11.5. The summed E-state index contributed by atoms with van der Waals surface area (Å²) in [7, 11) is 1.63. The molecular weight excluding hydrogens is 466 g/mol. The number of hydrogen-bond donors (Lipinski definition) is 3. The molecule has 1 aliphatic heterocycles. The van der Waals surface area contributed by atoms with Crippen LogP contribution in [0.25, 0.3) is 10.9 Å². The zero-order valence-electron chi connectivity index (χ0n) is 19.9. The second-order valence-electron chi connectivity index (χ2n) is 8.26. The van der Waals surface area contributed by atoms with Crippen molar-refractivity contribution >= 4 is 40.1 Å². The Hall–Kier alpha value is -3.50. The molecule has 4 rings (SSSR count). The molecule has 1 aromatic heterocycles. The summed E-state index contributed by atoms with van der Waals surface area (Å²) in [6.45, 7) is 4.18. The number of anilines is 2. The highest BCUT2D eigenvalue weighted by Crippen LogP contribution is 2.33. The molecule has 0 aliphatic carbocycles. The van der Waals surface area contributed by atoms with Crippen LogP contribution in [0, 0.1) is 6.92 Å². The Morgan fingerprint density at radius 3 is 2.89 bits per heavy atom. The van der Waals surface area contributed by atoms with E-state index >= 15 is 0 Å². The third-order valence-corrected chi connectivity index (χ3v) is 6.24. The molecule has 0 bridgehead atoms. The van der Waals surface area contributed by atoms with Crippen LogP contribution < -0.4 is 20.1 Å². The molecule has 10 heteroatoms. The smallest absolute Gasteiger partial charge is 0.248 e. The van der Waals surface area contributed by atoms with E-state index in [-0.39, 0.29) is 12.0 Å². The predicted octanol–water partition coefficient (Wildman–Crippen LogP) is 3.41. The normalized spacial score (nSPS) is 13.7. The van der Waals surface area contributed by atoms with Crippen LogP contribution in [0.2, 0.25) is 0 Å². The predicted molar refractivity (Wildman–Crippen MR) is 138 cm³/mol. The molecule has 0 fully saturated rings. The number of aromatic nitrogens is 2. The lowest BCUT2D eigenvalue weighted by Gasteiger charge is -2.23. The van der Waals surface area contributed by atoms with Crippen LogP contribution in [0.1, 0.15) is 12.5 Å². The Balaban J connectivity index is 1.52. The molecule has 1 amide bonds. The van der Waals surface area contributed by atoms with Crippen molar-refractivity contribution in [3.8, 4) is 11.5 Å². The van der Waals surface area contributed by atoms with Crippen LogP contribution in [0.4, 0.5) is 11.5 Å². The van der Waals surface area contributed by atoms with Crippen molar-refractivity contribution in [2.45, 2.75) is 20.0 Å². The average molecular weight is 496 g/mol. The average Bonchev–Trinajstić information content (AvgIpc) is 3.37. The fourth-order valence-electron chi connectivity index (χ4n) is 3.72. The summed E-state index contributed by atoms with van der Waals surface area (Å²) in [5.74, 6) is 2.57. The zero-order chi connectivity index (χ0) is 24.8. The molecule has 0 saturated heterocycles. The van der Waals surface area contributed by atoms with Gasteiger partial charge in [0.2, 0.25) is 5.91 Å². The van der Waals surface area contributed by atoms with Crippen molar-refractivity contribution < 1.29 is 19.4 Å². The maximum absolute atomic E-state index is 11.7. The van der Waals surface area contributed by atoms with E-state index in [4.69, 9.17) is 14.6 Å². The van der Waals surface area contributed by atoms with Crippen LogP contribution in [-0.2, 0) is 4.79 Å². The molecule has 35 heavy (non-hydrogen) atoms. The van der Waals surface area contributed by atoms with Gasteiger partial charge in [0.05, 0.1) is 29.0 Å². The van der Waals surface area contributed by atoms with Gasteiger partial charge in [0.15, 0.2) is 0 Å². The SMILES string of the molecule is Cc1cc(Nc2ncnc3cccc(O[C@H](C)CN(C)C(=O)CO)c23)ccc1OCC1=CSCN1. The van der Waals surface area contributed by atoms with Crippen molar-refractivity contribution in [1.29, 1.82) is 0 Å². The molecule has 0 unspecified atom stereocenters. The number of nitrogens with zero attached hydrogens (tertiary/aromatic N) is 3. The maximum atomic E-state index is 11.7. The van der Waals surface area contributed by atoms with Gasteiger partial charge in [-0.25, -0.2) is 9.97 Å². The van der Waals surface area contributed by atoms with Gasteiger partial charge in [0, 0.05) is 12.7 Å². The van der Waals surface area contributed by atoms with Gasteiger partial charge in [-0.05, 0) is 55.2 Å². The summed E-state index contributed by atoms with van der Waals surface area (Å²) in [6.07, 6.45) is 1.20. The highest BCUT2D eigenvalue weighted by Gasteiger charge is 2.16. The highest BCUT2D eigenvalue weighted by molar-refractivity contribution is 8.02. The van der Waals surface area contributed by atoms with Crippen LogP contribution >= 0.6 is 11.8 Å². The third-order valence-electron chi connectivity index (χ3n) is 5.47. The van der Waals surface area contributed by atoms with Crippen LogP contribution in [0.3, 0.4) is 0 Å². The minimum absolute atomic E-state index is 0.310. The first kappa shape index (κ1) is 24.6. The Labute approximate surface area is 208 Å². The highest BCUT2D eigenvalue weighted by atomic mass is 32.2. The van der Waals surface area contributed by atoms with Crippen molar-refractivity contribution in [1.82, 2.24) is 20.2 Å². The molecule has 1 atom stereocenters. The van der Waals surface area contributed by atoms with Crippen LogP contribution in [-0.4, -0.2) is 64.7 Å². The number of amides is 1. The quantitative estimate of drug-likeness (QED) is 0.390. The molecule has 1 aliphatic rings.